The standard InChI is InChI=1S/C16H19N3OS/c1-12-3-5-13(6-4-12)10-19(2)16(20)11-21-15-8-7-14(17)9-18-15/h3-9H,10-11,17H2,1-2H3. The second kappa shape index (κ2) is 7.13. The highest BCUT2D eigenvalue weighted by Gasteiger charge is 2.10. The molecule has 0 spiro atoms. The summed E-state index contributed by atoms with van der Waals surface area (Å²) in [5, 5.41) is 0.807. The van der Waals surface area contributed by atoms with Gasteiger partial charge >= 0.3 is 0 Å². The lowest BCUT2D eigenvalue weighted by Crippen LogP contribution is -2.27. The molecular weight excluding hydrogens is 282 g/mol. The molecule has 5 heteroatoms. The van der Waals surface area contributed by atoms with Crippen LogP contribution in [0.15, 0.2) is 47.6 Å². The van der Waals surface area contributed by atoms with Crippen LogP contribution in [0, 0.1) is 6.92 Å². The number of thioether (sulfide) groups is 1. The molecule has 0 aliphatic rings. The Morgan fingerprint density at radius 1 is 1.24 bits per heavy atom. The van der Waals surface area contributed by atoms with Crippen LogP contribution in [0.4, 0.5) is 5.69 Å². The van der Waals surface area contributed by atoms with E-state index >= 15 is 0 Å². The van der Waals surface area contributed by atoms with Crippen LogP contribution >= 0.6 is 11.8 Å². The molecule has 0 saturated carbocycles. The number of carbonyl (C=O) groups is 1. The van der Waals surface area contributed by atoms with Gasteiger partial charge in [-0.2, -0.15) is 0 Å². The van der Waals surface area contributed by atoms with Crippen LogP contribution in [0.3, 0.4) is 0 Å². The Kier molecular flexibility index (Phi) is 5.22. The van der Waals surface area contributed by atoms with Crippen molar-refractivity contribution in [2.75, 3.05) is 18.5 Å². The molecule has 1 aromatic carbocycles. The van der Waals surface area contributed by atoms with Crippen molar-refractivity contribution in [3.63, 3.8) is 0 Å². The summed E-state index contributed by atoms with van der Waals surface area (Å²) in [6.45, 7) is 2.67. The molecule has 0 aliphatic carbocycles. The zero-order valence-electron chi connectivity index (χ0n) is 12.2. The first-order valence-corrected chi connectivity index (χ1v) is 7.67. The van der Waals surface area contributed by atoms with Gasteiger partial charge in [-0.3, -0.25) is 4.79 Å². The summed E-state index contributed by atoms with van der Waals surface area (Å²) >= 11 is 1.42. The molecule has 2 rings (SSSR count). The van der Waals surface area contributed by atoms with Crippen LogP contribution in [0.1, 0.15) is 11.1 Å². The fraction of sp³-hybridized carbons (Fsp3) is 0.250. The average Bonchev–Trinajstić information content (AvgIpc) is 2.48. The Hall–Kier alpha value is -2.01. The van der Waals surface area contributed by atoms with Crippen molar-refractivity contribution in [2.45, 2.75) is 18.5 Å². The summed E-state index contributed by atoms with van der Waals surface area (Å²) in [5.41, 5.74) is 8.56. The minimum atomic E-state index is 0.0826. The van der Waals surface area contributed by atoms with Gasteiger partial charge in [0.1, 0.15) is 0 Å². The van der Waals surface area contributed by atoms with E-state index in [2.05, 4.69) is 24.0 Å². The Labute approximate surface area is 129 Å². The zero-order valence-corrected chi connectivity index (χ0v) is 13.1. The van der Waals surface area contributed by atoms with Gasteiger partial charge in [0.2, 0.25) is 5.91 Å². The molecule has 2 aromatic rings. The third kappa shape index (κ3) is 4.79. The molecule has 110 valence electrons. The molecule has 0 fully saturated rings. The average molecular weight is 301 g/mol. The Morgan fingerprint density at radius 2 is 1.95 bits per heavy atom. The normalized spacial score (nSPS) is 10.4. The van der Waals surface area contributed by atoms with Gasteiger partial charge in [-0.25, -0.2) is 4.98 Å². The van der Waals surface area contributed by atoms with E-state index in [0.717, 1.165) is 10.6 Å². The number of anilines is 1. The highest BCUT2D eigenvalue weighted by molar-refractivity contribution is 7.99. The molecule has 0 unspecified atom stereocenters. The van der Waals surface area contributed by atoms with Gasteiger partial charge in [-0.15, -0.1) is 0 Å². The highest BCUT2D eigenvalue weighted by atomic mass is 32.2. The van der Waals surface area contributed by atoms with E-state index < -0.39 is 0 Å². The summed E-state index contributed by atoms with van der Waals surface area (Å²) < 4.78 is 0. The number of nitrogens with two attached hydrogens (primary N) is 1. The molecule has 1 aromatic heterocycles. The van der Waals surface area contributed by atoms with Gasteiger partial charge in [-0.1, -0.05) is 41.6 Å². The summed E-state index contributed by atoms with van der Waals surface area (Å²) in [6, 6.07) is 11.8. The number of rotatable bonds is 5. The fourth-order valence-corrected chi connectivity index (χ4v) is 2.56. The van der Waals surface area contributed by atoms with Gasteiger partial charge in [0, 0.05) is 13.6 Å². The van der Waals surface area contributed by atoms with Crippen molar-refractivity contribution in [3.8, 4) is 0 Å². The SMILES string of the molecule is Cc1ccc(CN(C)C(=O)CSc2ccc(N)cn2)cc1. The predicted octanol–water partition coefficient (Wildman–Crippen LogP) is 2.72. The van der Waals surface area contributed by atoms with Gasteiger partial charge in [0.25, 0.3) is 0 Å². The first-order valence-electron chi connectivity index (χ1n) is 6.68. The zero-order chi connectivity index (χ0) is 15.2. The smallest absolute Gasteiger partial charge is 0.233 e. The minimum Gasteiger partial charge on any atom is -0.397 e. The van der Waals surface area contributed by atoms with Gasteiger partial charge in [0.15, 0.2) is 0 Å². The number of benzene rings is 1. The van der Waals surface area contributed by atoms with E-state index in [1.54, 1.807) is 17.2 Å². The van der Waals surface area contributed by atoms with Crippen molar-refractivity contribution in [1.82, 2.24) is 9.88 Å². The maximum absolute atomic E-state index is 12.1. The summed E-state index contributed by atoms with van der Waals surface area (Å²) in [5.74, 6) is 0.457. The molecular formula is C16H19N3OS. The summed E-state index contributed by atoms with van der Waals surface area (Å²) in [4.78, 5) is 18.0. The molecule has 0 atom stereocenters. The van der Waals surface area contributed by atoms with Crippen LogP contribution in [-0.4, -0.2) is 28.6 Å². The maximum atomic E-state index is 12.1. The first kappa shape index (κ1) is 15.4. The third-order valence-electron chi connectivity index (χ3n) is 3.07. The number of aromatic nitrogens is 1. The molecule has 0 radical (unpaired) electrons. The van der Waals surface area contributed by atoms with Gasteiger partial charge < -0.3 is 10.6 Å². The van der Waals surface area contributed by atoms with Crippen molar-refractivity contribution in [1.29, 1.82) is 0 Å². The van der Waals surface area contributed by atoms with E-state index in [0.29, 0.717) is 18.0 Å². The quantitative estimate of drug-likeness (QED) is 0.863. The third-order valence-corrected chi connectivity index (χ3v) is 4.00. The van der Waals surface area contributed by atoms with Crippen LogP contribution in [0.2, 0.25) is 0 Å². The van der Waals surface area contributed by atoms with Gasteiger partial charge in [-0.05, 0) is 24.6 Å². The largest absolute Gasteiger partial charge is 0.397 e. The number of hydrogen-bond acceptors (Lipinski definition) is 4. The summed E-state index contributed by atoms with van der Waals surface area (Å²) in [6.07, 6.45) is 1.60. The Morgan fingerprint density at radius 3 is 2.57 bits per heavy atom. The number of pyridine rings is 1. The molecule has 0 saturated heterocycles. The number of aryl methyl sites for hydroxylation is 1. The monoisotopic (exact) mass is 301 g/mol. The van der Waals surface area contributed by atoms with E-state index in [4.69, 9.17) is 5.73 Å². The molecule has 2 N–H and O–H groups in total. The predicted molar refractivity (Wildman–Crippen MR) is 87.0 cm³/mol. The van der Waals surface area contributed by atoms with Crippen molar-refractivity contribution >= 4 is 23.4 Å². The lowest BCUT2D eigenvalue weighted by atomic mass is 10.1. The molecule has 0 aliphatic heterocycles. The number of hydrogen-bond donors (Lipinski definition) is 1. The van der Waals surface area contributed by atoms with Crippen LogP contribution in [0.25, 0.3) is 0 Å². The van der Waals surface area contributed by atoms with Crippen molar-refractivity contribution in [2.24, 2.45) is 0 Å². The minimum absolute atomic E-state index is 0.0826. The van der Waals surface area contributed by atoms with E-state index in [-0.39, 0.29) is 5.91 Å². The van der Waals surface area contributed by atoms with Crippen molar-refractivity contribution in [3.05, 3.63) is 53.7 Å². The van der Waals surface area contributed by atoms with Crippen LogP contribution in [0.5, 0.6) is 0 Å². The van der Waals surface area contributed by atoms with Crippen LogP contribution in [-0.2, 0) is 11.3 Å². The molecule has 4 nitrogen and oxygen atoms in total. The topological polar surface area (TPSA) is 59.2 Å². The lowest BCUT2D eigenvalue weighted by molar-refractivity contribution is -0.127. The van der Waals surface area contributed by atoms with Crippen molar-refractivity contribution < 1.29 is 4.79 Å². The second-order valence-corrected chi connectivity index (χ2v) is 5.95. The summed E-state index contributed by atoms with van der Waals surface area (Å²) in [7, 11) is 1.82. The lowest BCUT2D eigenvalue weighted by Gasteiger charge is -2.17. The molecule has 0 bridgehead atoms. The fourth-order valence-electron chi connectivity index (χ4n) is 1.78. The number of amides is 1. The Bertz CT molecular complexity index is 596. The molecule has 1 heterocycles. The number of nitrogens with zero attached hydrogens (tertiary/aromatic N) is 2. The maximum Gasteiger partial charge on any atom is 0.233 e. The first-order chi connectivity index (χ1) is 10.0. The number of nitrogen functional groups attached to an aromatic ring is 1. The second-order valence-electron chi connectivity index (χ2n) is 4.95. The van der Waals surface area contributed by atoms with Crippen LogP contribution < -0.4 is 5.73 Å². The highest BCUT2D eigenvalue weighted by Crippen LogP contribution is 2.16. The molecule has 21 heavy (non-hydrogen) atoms. The molecule has 1 amide bonds. The van der Waals surface area contributed by atoms with Gasteiger partial charge in [0.05, 0.1) is 22.7 Å². The van der Waals surface area contributed by atoms with E-state index in [1.807, 2.05) is 25.2 Å². The Balaban J connectivity index is 1.84. The number of carbonyl (C=O) groups excluding carboxylic acids is 1. The van der Waals surface area contributed by atoms with E-state index in [1.165, 1.54) is 17.3 Å². The van der Waals surface area contributed by atoms with E-state index in [9.17, 15) is 4.79 Å².